The molecule has 3 rings (SSSR count). The second-order valence-corrected chi connectivity index (χ2v) is 4.57. The molecule has 0 atom stereocenters. The number of fused-ring (bicyclic) bond motifs is 1. The third kappa shape index (κ3) is 2.73. The Hall–Kier alpha value is -2.61. The highest BCUT2D eigenvalue weighted by atomic mass is 19.1. The number of nitrogens with zero attached hydrogens (tertiary/aromatic N) is 4. The lowest BCUT2D eigenvalue weighted by Crippen LogP contribution is -2.04. The first-order chi connectivity index (χ1) is 10.7. The Morgan fingerprint density at radius 2 is 2.09 bits per heavy atom. The molecule has 1 N–H and O–H groups in total. The number of benzene rings is 1. The zero-order valence-electron chi connectivity index (χ0n) is 11.8. The molecule has 0 fully saturated rings. The molecular formula is C14H13F2N5O. The van der Waals surface area contributed by atoms with Crippen LogP contribution in [0.4, 0.5) is 20.3 Å². The molecule has 0 radical (unpaired) electrons. The van der Waals surface area contributed by atoms with Gasteiger partial charge in [-0.05, 0) is 12.1 Å². The third-order valence-corrected chi connectivity index (χ3v) is 3.12. The van der Waals surface area contributed by atoms with Gasteiger partial charge in [0.05, 0.1) is 18.6 Å². The number of halogens is 2. The minimum Gasteiger partial charge on any atom is -0.383 e. The maximum absolute atomic E-state index is 13.7. The number of aromatic nitrogens is 4. The maximum Gasteiger partial charge on any atom is 0.165 e. The van der Waals surface area contributed by atoms with E-state index in [2.05, 4.69) is 20.3 Å². The van der Waals surface area contributed by atoms with Gasteiger partial charge in [0, 0.05) is 19.7 Å². The fourth-order valence-electron chi connectivity index (χ4n) is 2.04. The third-order valence-electron chi connectivity index (χ3n) is 3.12. The summed E-state index contributed by atoms with van der Waals surface area (Å²) in [4.78, 5) is 12.5. The van der Waals surface area contributed by atoms with E-state index in [1.54, 1.807) is 13.4 Å². The van der Waals surface area contributed by atoms with E-state index in [9.17, 15) is 8.78 Å². The Morgan fingerprint density at radius 1 is 1.23 bits per heavy atom. The van der Waals surface area contributed by atoms with Crippen molar-refractivity contribution in [2.75, 3.05) is 19.0 Å². The van der Waals surface area contributed by atoms with Gasteiger partial charge in [-0.3, -0.25) is 0 Å². The van der Waals surface area contributed by atoms with E-state index in [1.807, 2.05) is 4.57 Å². The quantitative estimate of drug-likeness (QED) is 0.784. The molecule has 0 saturated carbocycles. The summed E-state index contributed by atoms with van der Waals surface area (Å²) < 4.78 is 33.5. The summed E-state index contributed by atoms with van der Waals surface area (Å²) in [5.74, 6) is -0.989. The summed E-state index contributed by atoms with van der Waals surface area (Å²) in [6, 6.07) is 3.28. The van der Waals surface area contributed by atoms with Crippen LogP contribution < -0.4 is 5.32 Å². The summed E-state index contributed by atoms with van der Waals surface area (Å²) in [5.41, 5.74) is 1.23. The Bertz CT molecular complexity index is 805. The standard InChI is InChI=1S/C14H13F2N5O/c1-22-5-4-21-8-19-12-13(17-7-18-14(12)21)20-11-3-2-9(15)6-10(11)16/h2-3,6-8H,4-5H2,1H3,(H,17,18,20). The van der Waals surface area contributed by atoms with Crippen molar-refractivity contribution in [3.8, 4) is 0 Å². The van der Waals surface area contributed by atoms with Crippen molar-refractivity contribution in [2.24, 2.45) is 0 Å². The molecule has 0 aliphatic carbocycles. The molecule has 1 aromatic carbocycles. The molecule has 6 nitrogen and oxygen atoms in total. The molecule has 22 heavy (non-hydrogen) atoms. The van der Waals surface area contributed by atoms with Crippen molar-refractivity contribution in [1.82, 2.24) is 19.5 Å². The zero-order chi connectivity index (χ0) is 15.5. The average Bonchev–Trinajstić information content (AvgIpc) is 2.92. The first-order valence-corrected chi connectivity index (χ1v) is 6.56. The normalized spacial score (nSPS) is 11.0. The number of nitrogens with one attached hydrogen (secondary N) is 1. The summed E-state index contributed by atoms with van der Waals surface area (Å²) >= 11 is 0. The van der Waals surface area contributed by atoms with Crippen LogP contribution in [0.5, 0.6) is 0 Å². The Morgan fingerprint density at radius 3 is 2.86 bits per heavy atom. The zero-order valence-corrected chi connectivity index (χ0v) is 11.8. The van der Waals surface area contributed by atoms with Crippen LogP contribution in [0.1, 0.15) is 0 Å². The lowest BCUT2D eigenvalue weighted by Gasteiger charge is -2.07. The molecule has 0 spiro atoms. The van der Waals surface area contributed by atoms with Crippen LogP contribution in [0.25, 0.3) is 11.2 Å². The number of rotatable bonds is 5. The van der Waals surface area contributed by atoms with E-state index < -0.39 is 11.6 Å². The van der Waals surface area contributed by atoms with Crippen molar-refractivity contribution in [3.63, 3.8) is 0 Å². The molecule has 0 bridgehead atoms. The first kappa shape index (κ1) is 14.3. The van der Waals surface area contributed by atoms with Gasteiger partial charge in [0.2, 0.25) is 0 Å². The number of anilines is 2. The lowest BCUT2D eigenvalue weighted by atomic mass is 10.3. The second kappa shape index (κ2) is 6.02. The highest BCUT2D eigenvalue weighted by Crippen LogP contribution is 2.23. The van der Waals surface area contributed by atoms with Gasteiger partial charge in [-0.15, -0.1) is 0 Å². The smallest absolute Gasteiger partial charge is 0.165 e. The van der Waals surface area contributed by atoms with Crippen LogP contribution in [-0.2, 0) is 11.3 Å². The van der Waals surface area contributed by atoms with Gasteiger partial charge in [-0.1, -0.05) is 0 Å². The van der Waals surface area contributed by atoms with Gasteiger partial charge < -0.3 is 14.6 Å². The molecule has 3 aromatic rings. The van der Waals surface area contributed by atoms with E-state index in [0.717, 1.165) is 6.07 Å². The van der Waals surface area contributed by atoms with Gasteiger partial charge in [0.25, 0.3) is 0 Å². The van der Waals surface area contributed by atoms with E-state index in [0.29, 0.717) is 30.1 Å². The van der Waals surface area contributed by atoms with Crippen LogP contribution in [0.2, 0.25) is 0 Å². The van der Waals surface area contributed by atoms with Crippen LogP contribution in [0.3, 0.4) is 0 Å². The van der Waals surface area contributed by atoms with Gasteiger partial charge in [-0.25, -0.2) is 23.7 Å². The Labute approximate surface area is 124 Å². The van der Waals surface area contributed by atoms with Crippen LogP contribution in [0, 0.1) is 11.6 Å². The largest absolute Gasteiger partial charge is 0.383 e. The molecule has 0 unspecified atom stereocenters. The van der Waals surface area contributed by atoms with Crippen molar-refractivity contribution < 1.29 is 13.5 Å². The van der Waals surface area contributed by atoms with Crippen molar-refractivity contribution in [2.45, 2.75) is 6.54 Å². The van der Waals surface area contributed by atoms with Gasteiger partial charge in [-0.2, -0.15) is 0 Å². The summed E-state index contributed by atoms with van der Waals surface area (Å²) in [6.07, 6.45) is 2.97. The molecule has 2 heterocycles. The molecule has 0 aliphatic rings. The van der Waals surface area contributed by atoms with Crippen molar-refractivity contribution >= 4 is 22.7 Å². The van der Waals surface area contributed by atoms with Gasteiger partial charge >= 0.3 is 0 Å². The SMILES string of the molecule is COCCn1cnc2c(Nc3ccc(F)cc3F)ncnc21. The maximum atomic E-state index is 13.7. The fraction of sp³-hybridized carbons (Fsp3) is 0.214. The highest BCUT2D eigenvalue weighted by Gasteiger charge is 2.12. The first-order valence-electron chi connectivity index (χ1n) is 6.56. The monoisotopic (exact) mass is 305 g/mol. The van der Waals surface area contributed by atoms with Gasteiger partial charge in [0.15, 0.2) is 17.0 Å². The summed E-state index contributed by atoms with van der Waals surface area (Å²) in [5, 5.41) is 2.81. The molecule has 0 amide bonds. The van der Waals surface area contributed by atoms with Gasteiger partial charge in [0.1, 0.15) is 18.0 Å². The summed E-state index contributed by atoms with van der Waals surface area (Å²) in [7, 11) is 1.61. The number of imidazole rings is 1. The van der Waals surface area contributed by atoms with E-state index in [-0.39, 0.29) is 5.69 Å². The molecule has 114 valence electrons. The topological polar surface area (TPSA) is 64.9 Å². The van der Waals surface area contributed by atoms with Crippen LogP contribution >= 0.6 is 0 Å². The Balaban J connectivity index is 1.95. The van der Waals surface area contributed by atoms with Crippen molar-refractivity contribution in [3.05, 3.63) is 42.5 Å². The van der Waals surface area contributed by atoms with Crippen molar-refractivity contribution in [1.29, 1.82) is 0 Å². The van der Waals surface area contributed by atoms with Crippen LogP contribution in [-0.4, -0.2) is 33.2 Å². The highest BCUT2D eigenvalue weighted by molar-refractivity contribution is 5.85. The average molecular weight is 305 g/mol. The molecule has 2 aromatic heterocycles. The fourth-order valence-corrected chi connectivity index (χ4v) is 2.04. The molecular weight excluding hydrogens is 292 g/mol. The Kier molecular flexibility index (Phi) is 3.92. The van der Waals surface area contributed by atoms with E-state index in [1.165, 1.54) is 18.5 Å². The van der Waals surface area contributed by atoms with E-state index in [4.69, 9.17) is 4.74 Å². The molecule has 0 saturated heterocycles. The lowest BCUT2D eigenvalue weighted by molar-refractivity contribution is 0.188. The number of methoxy groups -OCH3 is 1. The van der Waals surface area contributed by atoms with Crippen LogP contribution in [0.15, 0.2) is 30.9 Å². The number of hydrogen-bond acceptors (Lipinski definition) is 5. The second-order valence-electron chi connectivity index (χ2n) is 4.57. The number of ether oxygens (including phenoxy) is 1. The minimum atomic E-state index is -0.703. The predicted octanol–water partition coefficient (Wildman–Crippen LogP) is 2.49. The molecule has 0 aliphatic heterocycles. The number of hydrogen-bond donors (Lipinski definition) is 1. The minimum absolute atomic E-state index is 0.118. The molecule has 8 heteroatoms. The predicted molar refractivity (Wildman–Crippen MR) is 76.8 cm³/mol. The van der Waals surface area contributed by atoms with E-state index >= 15 is 0 Å². The summed E-state index contributed by atoms with van der Waals surface area (Å²) in [6.45, 7) is 1.11.